The second-order valence-electron chi connectivity index (χ2n) is 9.82. The summed E-state index contributed by atoms with van der Waals surface area (Å²) in [5.74, 6) is -0.714. The minimum absolute atomic E-state index is 0.0562. The van der Waals surface area contributed by atoms with Crippen LogP contribution in [0.2, 0.25) is 5.02 Å². The van der Waals surface area contributed by atoms with Crippen molar-refractivity contribution in [2.45, 2.75) is 63.9 Å². The molecular formula is C31H38ClN3O4S. The number of nitrogens with zero attached hydrogens (tertiary/aromatic N) is 2. The predicted molar refractivity (Wildman–Crippen MR) is 161 cm³/mol. The van der Waals surface area contributed by atoms with Crippen molar-refractivity contribution < 1.29 is 18.0 Å². The van der Waals surface area contributed by atoms with Gasteiger partial charge in [0.1, 0.15) is 12.6 Å². The Labute approximate surface area is 243 Å². The van der Waals surface area contributed by atoms with Gasteiger partial charge in [-0.2, -0.15) is 0 Å². The number of carbonyl (C=O) groups is 2. The van der Waals surface area contributed by atoms with Crippen molar-refractivity contribution in [3.05, 3.63) is 95.0 Å². The summed E-state index contributed by atoms with van der Waals surface area (Å²) in [7, 11) is -4.12. The molecule has 0 fully saturated rings. The number of hydrogen-bond donors (Lipinski definition) is 1. The van der Waals surface area contributed by atoms with Crippen molar-refractivity contribution in [1.29, 1.82) is 0 Å². The molecule has 0 aromatic heterocycles. The Morgan fingerprint density at radius 2 is 1.55 bits per heavy atom. The second kappa shape index (κ2) is 14.3. The Morgan fingerprint density at radius 3 is 2.12 bits per heavy atom. The van der Waals surface area contributed by atoms with Crippen LogP contribution >= 0.6 is 11.6 Å². The zero-order chi connectivity index (χ0) is 29.3. The Balaban J connectivity index is 2.03. The molecule has 0 aliphatic rings. The number of anilines is 1. The number of benzene rings is 3. The van der Waals surface area contributed by atoms with Crippen LogP contribution in [0, 0.1) is 6.92 Å². The van der Waals surface area contributed by atoms with Crippen molar-refractivity contribution in [2.75, 3.05) is 17.4 Å². The van der Waals surface area contributed by atoms with Crippen LogP contribution in [-0.4, -0.2) is 50.3 Å². The van der Waals surface area contributed by atoms with Gasteiger partial charge in [0, 0.05) is 17.6 Å². The number of hydrogen-bond acceptors (Lipinski definition) is 4. The van der Waals surface area contributed by atoms with Gasteiger partial charge in [0.15, 0.2) is 0 Å². The van der Waals surface area contributed by atoms with Crippen LogP contribution < -0.4 is 9.62 Å². The second-order valence-corrected chi connectivity index (χ2v) is 12.1. The van der Waals surface area contributed by atoms with Gasteiger partial charge in [0.2, 0.25) is 11.8 Å². The summed E-state index contributed by atoms with van der Waals surface area (Å²) in [4.78, 5) is 29.0. The molecule has 2 amide bonds. The van der Waals surface area contributed by atoms with Gasteiger partial charge in [-0.05, 0) is 74.6 Å². The van der Waals surface area contributed by atoms with E-state index in [1.807, 2.05) is 51.1 Å². The van der Waals surface area contributed by atoms with Gasteiger partial charge >= 0.3 is 0 Å². The number of rotatable bonds is 13. The smallest absolute Gasteiger partial charge is 0.264 e. The number of carbonyl (C=O) groups excluding carboxylic acids is 2. The molecule has 0 aliphatic carbocycles. The number of amides is 2. The lowest BCUT2D eigenvalue weighted by atomic mass is 10.1. The van der Waals surface area contributed by atoms with E-state index in [-0.39, 0.29) is 23.4 Å². The largest absolute Gasteiger partial charge is 0.352 e. The van der Waals surface area contributed by atoms with Crippen molar-refractivity contribution in [1.82, 2.24) is 10.2 Å². The fourth-order valence-electron chi connectivity index (χ4n) is 4.47. The molecule has 0 unspecified atom stereocenters. The first-order valence-electron chi connectivity index (χ1n) is 13.6. The standard InChI is InChI=1S/C31H38ClN3O4S/c1-5-24(4)33-31(37)28(6-2)34(20-19-25-13-9-7-10-14-25)30(36)22-35(29-18-17-26(32)21-23(29)3)40(38,39)27-15-11-8-12-16-27/h7-18,21,24,28H,5-6,19-20,22H2,1-4H3,(H,33,37)/t24-,28+/m0/s1. The molecule has 0 radical (unpaired) electrons. The number of sulfonamides is 1. The van der Waals surface area contributed by atoms with E-state index in [0.717, 1.165) is 16.3 Å². The molecule has 0 saturated carbocycles. The summed E-state index contributed by atoms with van der Waals surface area (Å²) >= 11 is 6.17. The van der Waals surface area contributed by atoms with E-state index in [1.165, 1.54) is 17.0 Å². The average molecular weight is 584 g/mol. The maximum atomic E-state index is 14.1. The summed E-state index contributed by atoms with van der Waals surface area (Å²) in [6.45, 7) is 7.28. The van der Waals surface area contributed by atoms with Crippen LogP contribution in [0.25, 0.3) is 0 Å². The van der Waals surface area contributed by atoms with Gasteiger partial charge in [0.25, 0.3) is 10.0 Å². The lowest BCUT2D eigenvalue weighted by Crippen LogP contribution is -2.54. The van der Waals surface area contributed by atoms with Gasteiger partial charge in [0.05, 0.1) is 10.6 Å². The zero-order valence-corrected chi connectivity index (χ0v) is 25.1. The number of nitrogens with one attached hydrogen (secondary N) is 1. The monoisotopic (exact) mass is 583 g/mol. The first-order valence-corrected chi connectivity index (χ1v) is 15.4. The Bertz CT molecular complexity index is 1380. The maximum absolute atomic E-state index is 14.1. The highest BCUT2D eigenvalue weighted by atomic mass is 35.5. The Morgan fingerprint density at radius 1 is 0.925 bits per heavy atom. The van der Waals surface area contributed by atoms with E-state index in [4.69, 9.17) is 11.6 Å². The first kappa shape index (κ1) is 31.2. The third-order valence-corrected chi connectivity index (χ3v) is 8.92. The summed E-state index contributed by atoms with van der Waals surface area (Å²) in [5, 5.41) is 3.45. The molecule has 0 spiro atoms. The van der Waals surface area contributed by atoms with Gasteiger partial charge in [-0.1, -0.05) is 74.0 Å². The molecule has 3 aromatic rings. The quantitative estimate of drug-likeness (QED) is 0.283. The molecule has 214 valence electrons. The van der Waals surface area contributed by atoms with Crippen LogP contribution in [0.1, 0.15) is 44.7 Å². The molecule has 2 atom stereocenters. The van der Waals surface area contributed by atoms with Gasteiger partial charge < -0.3 is 10.2 Å². The normalized spacial score (nSPS) is 12.8. The molecule has 1 N–H and O–H groups in total. The van der Waals surface area contributed by atoms with Crippen LogP contribution in [0.4, 0.5) is 5.69 Å². The summed E-state index contributed by atoms with van der Waals surface area (Å²) < 4.78 is 28.9. The van der Waals surface area contributed by atoms with E-state index >= 15 is 0 Å². The summed E-state index contributed by atoms with van der Waals surface area (Å²) in [5.41, 5.74) is 1.97. The van der Waals surface area contributed by atoms with Crippen LogP contribution in [0.3, 0.4) is 0 Å². The molecule has 9 heteroatoms. The maximum Gasteiger partial charge on any atom is 0.264 e. The lowest BCUT2D eigenvalue weighted by Gasteiger charge is -2.34. The van der Waals surface area contributed by atoms with E-state index in [2.05, 4.69) is 5.32 Å². The third kappa shape index (κ3) is 7.86. The van der Waals surface area contributed by atoms with Crippen LogP contribution in [0.5, 0.6) is 0 Å². The highest BCUT2D eigenvalue weighted by Gasteiger charge is 2.34. The van der Waals surface area contributed by atoms with Crippen LogP contribution in [-0.2, 0) is 26.0 Å². The van der Waals surface area contributed by atoms with Crippen LogP contribution in [0.15, 0.2) is 83.8 Å². The van der Waals surface area contributed by atoms with Gasteiger partial charge in [-0.15, -0.1) is 0 Å². The van der Waals surface area contributed by atoms with E-state index in [0.29, 0.717) is 29.1 Å². The molecule has 3 aromatic carbocycles. The first-order chi connectivity index (χ1) is 19.1. The molecular weight excluding hydrogens is 546 g/mol. The fourth-order valence-corrected chi connectivity index (χ4v) is 6.20. The van der Waals surface area contributed by atoms with E-state index in [1.54, 1.807) is 43.3 Å². The molecule has 40 heavy (non-hydrogen) atoms. The SMILES string of the molecule is CC[C@H](C(=O)N[C@@H](C)CC)N(CCc1ccccc1)C(=O)CN(c1ccc(Cl)cc1C)S(=O)(=O)c1ccccc1. The van der Waals surface area contributed by atoms with Crippen molar-refractivity contribution in [3.8, 4) is 0 Å². The zero-order valence-electron chi connectivity index (χ0n) is 23.5. The molecule has 0 heterocycles. The number of aryl methyl sites for hydroxylation is 1. The molecule has 0 saturated heterocycles. The molecule has 3 rings (SSSR count). The Kier molecular flexibility index (Phi) is 11.2. The highest BCUT2D eigenvalue weighted by Crippen LogP contribution is 2.29. The van der Waals surface area contributed by atoms with Crippen molar-refractivity contribution >= 4 is 39.1 Å². The fraction of sp³-hybridized carbons (Fsp3) is 0.355. The van der Waals surface area contributed by atoms with Gasteiger partial charge in [-0.25, -0.2) is 8.42 Å². The summed E-state index contributed by atoms with van der Waals surface area (Å²) in [6.07, 6.45) is 1.65. The number of halogens is 1. The van der Waals surface area contributed by atoms with Crippen molar-refractivity contribution in [3.63, 3.8) is 0 Å². The third-order valence-electron chi connectivity index (χ3n) is 6.91. The minimum atomic E-state index is -4.12. The Hall–Kier alpha value is -3.36. The molecule has 0 aliphatic heterocycles. The predicted octanol–water partition coefficient (Wildman–Crippen LogP) is 5.61. The lowest BCUT2D eigenvalue weighted by molar-refractivity contribution is -0.139. The van der Waals surface area contributed by atoms with Crippen molar-refractivity contribution in [2.24, 2.45) is 0 Å². The minimum Gasteiger partial charge on any atom is -0.352 e. The van der Waals surface area contributed by atoms with E-state index < -0.39 is 28.5 Å². The molecule has 0 bridgehead atoms. The topological polar surface area (TPSA) is 86.8 Å². The van der Waals surface area contributed by atoms with E-state index in [9.17, 15) is 18.0 Å². The summed E-state index contributed by atoms with van der Waals surface area (Å²) in [6, 6.07) is 21.8. The highest BCUT2D eigenvalue weighted by molar-refractivity contribution is 7.92. The van der Waals surface area contributed by atoms with Gasteiger partial charge in [-0.3, -0.25) is 13.9 Å². The average Bonchev–Trinajstić information content (AvgIpc) is 2.95. The molecule has 7 nitrogen and oxygen atoms in total.